The normalized spacial score (nSPS) is 23.2. The number of carbonyl (C=O) groups excluding carboxylic acids is 1. The van der Waals surface area contributed by atoms with E-state index in [0.29, 0.717) is 13.2 Å². The van der Waals surface area contributed by atoms with E-state index in [1.807, 2.05) is 54.3 Å². The highest BCUT2D eigenvalue weighted by atomic mass is 16.6. The highest BCUT2D eigenvalue weighted by Gasteiger charge is 2.61. The van der Waals surface area contributed by atoms with E-state index in [-0.39, 0.29) is 5.91 Å². The van der Waals surface area contributed by atoms with Gasteiger partial charge >= 0.3 is 0 Å². The number of rotatable bonds is 2. The van der Waals surface area contributed by atoms with Crippen LogP contribution < -0.4 is 4.90 Å². The fourth-order valence-electron chi connectivity index (χ4n) is 2.93. The molecule has 100 valence electrons. The van der Waals surface area contributed by atoms with Crippen LogP contribution in [-0.2, 0) is 21.7 Å². The van der Waals surface area contributed by atoms with E-state index in [1.165, 1.54) is 0 Å². The highest BCUT2D eigenvalue weighted by Crippen LogP contribution is 2.51. The lowest BCUT2D eigenvalue weighted by Crippen LogP contribution is -2.32. The molecule has 1 amide bonds. The second-order valence-electron chi connectivity index (χ2n) is 5.51. The summed E-state index contributed by atoms with van der Waals surface area (Å²) in [6.45, 7) is 3.15. The number of amides is 1. The van der Waals surface area contributed by atoms with Gasteiger partial charge in [-0.05, 0) is 18.6 Å². The number of benzene rings is 2. The Bertz CT molecular complexity index is 689. The monoisotopic (exact) mass is 265 g/mol. The van der Waals surface area contributed by atoms with Crippen molar-refractivity contribution in [1.29, 1.82) is 0 Å². The van der Waals surface area contributed by atoms with Crippen LogP contribution in [0, 0.1) is 6.92 Å². The van der Waals surface area contributed by atoms with Crippen molar-refractivity contribution in [3.63, 3.8) is 0 Å². The zero-order valence-corrected chi connectivity index (χ0v) is 11.3. The van der Waals surface area contributed by atoms with Crippen molar-refractivity contribution in [3.05, 3.63) is 65.2 Å². The average molecular weight is 265 g/mol. The molecule has 0 N–H and O–H groups in total. The summed E-state index contributed by atoms with van der Waals surface area (Å²) >= 11 is 0. The molecule has 0 radical (unpaired) electrons. The lowest BCUT2D eigenvalue weighted by molar-refractivity contribution is -0.123. The van der Waals surface area contributed by atoms with Crippen LogP contribution >= 0.6 is 0 Å². The Labute approximate surface area is 117 Å². The summed E-state index contributed by atoms with van der Waals surface area (Å²) in [7, 11) is 0. The summed E-state index contributed by atoms with van der Waals surface area (Å²) in [5.74, 6) is 0.0713. The molecule has 0 aromatic heterocycles. The summed E-state index contributed by atoms with van der Waals surface area (Å²) in [6, 6.07) is 16.2. The SMILES string of the molecule is Cc1ccc2c(c1)[C@@]1(CO1)C(=O)N2Cc1ccccc1. The average Bonchev–Trinajstić information content (AvgIpc) is 3.23. The Kier molecular flexibility index (Phi) is 2.30. The zero-order valence-electron chi connectivity index (χ0n) is 11.3. The Balaban J connectivity index is 1.77. The lowest BCUT2D eigenvalue weighted by atomic mass is 10.00. The summed E-state index contributed by atoms with van der Waals surface area (Å²) in [5, 5.41) is 0. The Morgan fingerprint density at radius 2 is 1.95 bits per heavy atom. The molecule has 2 aromatic carbocycles. The van der Waals surface area contributed by atoms with Gasteiger partial charge in [0.2, 0.25) is 0 Å². The second kappa shape index (κ2) is 3.93. The number of nitrogens with zero attached hydrogens (tertiary/aromatic N) is 1. The first-order valence-corrected chi connectivity index (χ1v) is 6.82. The fourth-order valence-corrected chi connectivity index (χ4v) is 2.93. The molecular weight excluding hydrogens is 250 g/mol. The molecule has 2 heterocycles. The second-order valence-corrected chi connectivity index (χ2v) is 5.51. The predicted octanol–water partition coefficient (Wildman–Crippen LogP) is 2.77. The standard InChI is InChI=1S/C17H15NO2/c1-12-7-8-15-14(9-12)17(11-20-17)16(19)18(15)10-13-5-3-2-4-6-13/h2-9H,10-11H2,1H3/t17-/m0/s1. The molecule has 0 unspecified atom stereocenters. The number of aryl methyl sites for hydroxylation is 1. The van der Waals surface area contributed by atoms with Gasteiger partial charge in [-0.3, -0.25) is 4.79 Å². The third-order valence-electron chi connectivity index (χ3n) is 4.09. The minimum atomic E-state index is -0.684. The van der Waals surface area contributed by atoms with Crippen molar-refractivity contribution in [2.45, 2.75) is 19.1 Å². The van der Waals surface area contributed by atoms with Crippen LogP contribution in [0.15, 0.2) is 48.5 Å². The van der Waals surface area contributed by atoms with E-state index in [9.17, 15) is 4.79 Å². The van der Waals surface area contributed by atoms with Crippen molar-refractivity contribution in [2.24, 2.45) is 0 Å². The molecule has 3 nitrogen and oxygen atoms in total. The Hall–Kier alpha value is -2.13. The molecule has 20 heavy (non-hydrogen) atoms. The van der Waals surface area contributed by atoms with Gasteiger partial charge < -0.3 is 9.64 Å². The summed E-state index contributed by atoms with van der Waals surface area (Å²) < 4.78 is 5.53. The van der Waals surface area contributed by atoms with Crippen LogP contribution in [0.25, 0.3) is 0 Å². The molecule has 2 aliphatic rings. The van der Waals surface area contributed by atoms with Crippen molar-refractivity contribution < 1.29 is 9.53 Å². The first-order chi connectivity index (χ1) is 9.71. The topological polar surface area (TPSA) is 32.8 Å². The van der Waals surface area contributed by atoms with Gasteiger partial charge in [-0.1, -0.05) is 48.0 Å². The number of fused-ring (bicyclic) bond motifs is 2. The van der Waals surface area contributed by atoms with Crippen LogP contribution in [0.5, 0.6) is 0 Å². The Morgan fingerprint density at radius 3 is 2.65 bits per heavy atom. The molecular formula is C17H15NO2. The first-order valence-electron chi connectivity index (χ1n) is 6.82. The van der Waals surface area contributed by atoms with E-state index in [2.05, 4.69) is 6.07 Å². The molecule has 0 saturated carbocycles. The number of carbonyl (C=O) groups is 1. The van der Waals surface area contributed by atoms with E-state index >= 15 is 0 Å². The van der Waals surface area contributed by atoms with E-state index < -0.39 is 5.60 Å². The van der Waals surface area contributed by atoms with E-state index in [4.69, 9.17) is 4.74 Å². The van der Waals surface area contributed by atoms with Gasteiger partial charge in [-0.25, -0.2) is 0 Å². The van der Waals surface area contributed by atoms with Gasteiger partial charge in [0.1, 0.15) is 0 Å². The summed E-state index contributed by atoms with van der Waals surface area (Å²) in [5.41, 5.74) is 3.62. The fraction of sp³-hybridized carbons (Fsp3) is 0.235. The molecule has 1 fully saturated rings. The number of epoxide rings is 1. The summed E-state index contributed by atoms with van der Waals surface area (Å²) in [4.78, 5) is 14.5. The van der Waals surface area contributed by atoms with Crippen molar-refractivity contribution in [2.75, 3.05) is 11.5 Å². The van der Waals surface area contributed by atoms with Gasteiger partial charge in [0, 0.05) is 5.56 Å². The molecule has 2 aromatic rings. The smallest absolute Gasteiger partial charge is 0.266 e. The van der Waals surface area contributed by atoms with Gasteiger partial charge in [-0.2, -0.15) is 0 Å². The minimum absolute atomic E-state index is 0.0713. The van der Waals surface area contributed by atoms with Gasteiger partial charge in [0.05, 0.1) is 18.8 Å². The third kappa shape index (κ3) is 1.53. The maximum absolute atomic E-state index is 12.7. The molecule has 3 heteroatoms. The molecule has 4 rings (SSSR count). The van der Waals surface area contributed by atoms with Gasteiger partial charge in [0.25, 0.3) is 5.91 Å². The molecule has 0 bridgehead atoms. The van der Waals surface area contributed by atoms with Crippen LogP contribution in [0.2, 0.25) is 0 Å². The number of ether oxygens (including phenoxy) is 1. The van der Waals surface area contributed by atoms with Crippen LogP contribution in [-0.4, -0.2) is 12.5 Å². The van der Waals surface area contributed by atoms with Crippen LogP contribution in [0.1, 0.15) is 16.7 Å². The van der Waals surface area contributed by atoms with Crippen molar-refractivity contribution in [3.8, 4) is 0 Å². The highest BCUT2D eigenvalue weighted by molar-refractivity contribution is 6.08. The molecule has 1 spiro atoms. The maximum Gasteiger partial charge on any atom is 0.266 e. The number of anilines is 1. The first kappa shape index (κ1) is 11.7. The van der Waals surface area contributed by atoms with Crippen molar-refractivity contribution in [1.82, 2.24) is 0 Å². The number of hydrogen-bond donors (Lipinski definition) is 0. The zero-order chi connectivity index (χ0) is 13.7. The maximum atomic E-state index is 12.7. The van der Waals surface area contributed by atoms with Gasteiger partial charge in [-0.15, -0.1) is 0 Å². The van der Waals surface area contributed by atoms with Crippen molar-refractivity contribution >= 4 is 11.6 Å². The van der Waals surface area contributed by atoms with Crippen LogP contribution in [0.4, 0.5) is 5.69 Å². The summed E-state index contributed by atoms with van der Waals surface area (Å²) in [6.07, 6.45) is 0. The third-order valence-corrected chi connectivity index (χ3v) is 4.09. The minimum Gasteiger partial charge on any atom is -0.354 e. The largest absolute Gasteiger partial charge is 0.354 e. The molecule has 0 aliphatic carbocycles. The molecule has 1 atom stereocenters. The molecule has 1 saturated heterocycles. The van der Waals surface area contributed by atoms with Gasteiger partial charge in [0.15, 0.2) is 5.60 Å². The Morgan fingerprint density at radius 1 is 1.20 bits per heavy atom. The van der Waals surface area contributed by atoms with Crippen LogP contribution in [0.3, 0.4) is 0 Å². The predicted molar refractivity (Wildman–Crippen MR) is 76.4 cm³/mol. The number of hydrogen-bond acceptors (Lipinski definition) is 2. The van der Waals surface area contributed by atoms with E-state index in [1.54, 1.807) is 0 Å². The lowest BCUT2D eigenvalue weighted by Gasteiger charge is -2.17. The quantitative estimate of drug-likeness (QED) is 0.782. The molecule has 2 aliphatic heterocycles. The van der Waals surface area contributed by atoms with E-state index in [0.717, 1.165) is 22.4 Å².